The van der Waals surface area contributed by atoms with Gasteiger partial charge in [0.05, 0.1) is 43.5 Å². The number of hydrogen-bond donors (Lipinski definition) is 0. The van der Waals surface area contributed by atoms with Gasteiger partial charge in [0.25, 0.3) is 0 Å². The smallest absolute Gasteiger partial charge is 0.237 e. The van der Waals surface area contributed by atoms with Gasteiger partial charge in [-0.1, -0.05) is 188 Å². The quantitative estimate of drug-likeness (QED) is 0.160. The molecule has 5 nitrogen and oxygen atoms in total. The predicted octanol–water partition coefficient (Wildman–Crippen LogP) is 22.6. The van der Waals surface area contributed by atoms with E-state index in [2.05, 4.69) is 299 Å². The maximum atomic E-state index is 5.80. The van der Waals surface area contributed by atoms with E-state index < -0.39 is 0 Å². The van der Waals surface area contributed by atoms with Crippen molar-refractivity contribution >= 4 is 146 Å². The lowest BCUT2D eigenvalue weighted by Gasteiger charge is -2.19. The molecule has 0 spiro atoms. The highest BCUT2D eigenvalue weighted by Gasteiger charge is 2.71. The maximum Gasteiger partial charge on any atom is 0.237 e. The molecule has 0 saturated heterocycles. The number of thioether (sulfide) groups is 1. The van der Waals surface area contributed by atoms with Crippen molar-refractivity contribution in [1.29, 1.82) is 0 Å². The van der Waals surface area contributed by atoms with Crippen molar-refractivity contribution in [2.24, 2.45) is 0 Å². The summed E-state index contributed by atoms with van der Waals surface area (Å²) >= 11 is 5.75. The number of para-hydroxylation sites is 3. The Morgan fingerprint density at radius 2 is 0.802 bits per heavy atom. The van der Waals surface area contributed by atoms with Crippen LogP contribution in [-0.4, -0.2) is 28.4 Å². The molecular formula is C83H49N5S3. The lowest BCUT2D eigenvalue weighted by atomic mass is 9.86. The van der Waals surface area contributed by atoms with Gasteiger partial charge in [0.2, 0.25) is 5.95 Å². The third-order valence-corrected chi connectivity index (χ3v) is 24.0. The van der Waals surface area contributed by atoms with E-state index in [0.29, 0.717) is 5.95 Å². The Hall–Kier alpha value is -10.6. The van der Waals surface area contributed by atoms with Crippen LogP contribution >= 0.6 is 34.4 Å². The summed E-state index contributed by atoms with van der Waals surface area (Å²) in [5.41, 5.74) is 18.2. The van der Waals surface area contributed by atoms with E-state index in [0.717, 1.165) is 78.5 Å². The van der Waals surface area contributed by atoms with Gasteiger partial charge in [0.1, 0.15) is 5.82 Å². The monoisotopic (exact) mass is 1210 g/mol. The van der Waals surface area contributed by atoms with E-state index in [-0.39, 0.29) is 10.2 Å². The average molecular weight is 1210 g/mol. The van der Waals surface area contributed by atoms with Crippen LogP contribution in [0, 0.1) is 0 Å². The molecule has 6 aromatic heterocycles. The zero-order valence-corrected chi connectivity index (χ0v) is 51.3. The normalized spacial score (nSPS) is 16.8. The molecule has 3 aliphatic rings. The van der Waals surface area contributed by atoms with Gasteiger partial charge in [-0.25, -0.2) is 4.98 Å². The fourth-order valence-electron chi connectivity index (χ4n) is 15.7. The molecule has 2 atom stereocenters. The van der Waals surface area contributed by atoms with Gasteiger partial charge in [-0.3, -0.25) is 9.13 Å². The summed E-state index contributed by atoms with van der Waals surface area (Å²) in [6, 6.07) is 99.0. The van der Waals surface area contributed by atoms with Crippen LogP contribution in [0.5, 0.6) is 0 Å². The minimum atomic E-state index is 0.0523. The third kappa shape index (κ3) is 7.18. The standard InChI is InChI=1S/C83H49N5S3/c1-7-19-69-57(13-1)60-36-29-54(55-39-40-83-48-82(83,47-55)67-18-6-12-24-79(67)91-83)45-72(60)86(69)56-32-25-49(26-33-56)68-46-80(87-70-20-8-2-14-58(70)61-34-27-52(43-73(61)87)50-30-37-77-65(41-50)63-16-4-10-22-75(63)89-77)85-81(84-68)88-71-21-9-3-15-59(71)62-35-28-53(44-74(62)88)51-31-38-78-66(42-51)64-17-5-11-23-76(64)90-78/h1-47H,48H2. The summed E-state index contributed by atoms with van der Waals surface area (Å²) in [4.78, 5) is 12.9. The number of benzene rings is 12. The predicted molar refractivity (Wildman–Crippen MR) is 386 cm³/mol. The molecule has 7 heterocycles. The molecular weight excluding hydrogens is 1160 g/mol. The molecule has 21 rings (SSSR count). The van der Waals surface area contributed by atoms with Gasteiger partial charge >= 0.3 is 0 Å². The molecule has 424 valence electrons. The van der Waals surface area contributed by atoms with Gasteiger partial charge in [0, 0.05) is 100 Å². The third-order valence-electron chi connectivity index (χ3n) is 20.1. The first-order valence-corrected chi connectivity index (χ1v) is 33.6. The number of fused-ring (bicyclic) bond motifs is 16. The first-order chi connectivity index (χ1) is 45.0. The molecule has 8 heteroatoms. The van der Waals surface area contributed by atoms with E-state index in [4.69, 9.17) is 9.97 Å². The highest BCUT2D eigenvalue weighted by atomic mass is 32.2. The molecule has 0 radical (unpaired) electrons. The minimum Gasteiger partial charge on any atom is -0.309 e. The lowest BCUT2D eigenvalue weighted by Crippen LogP contribution is -2.15. The number of nitrogens with zero attached hydrogens (tertiary/aromatic N) is 5. The highest BCUT2D eigenvalue weighted by Crippen LogP contribution is 2.76. The van der Waals surface area contributed by atoms with E-state index in [9.17, 15) is 0 Å². The number of aromatic nitrogens is 5. The molecule has 1 fully saturated rings. The Labute approximate surface area is 534 Å². The van der Waals surface area contributed by atoms with Gasteiger partial charge in [-0.05, 0) is 136 Å². The number of thiophene rings is 2. The second kappa shape index (κ2) is 18.5. The molecule has 0 bridgehead atoms. The maximum absolute atomic E-state index is 5.80. The van der Waals surface area contributed by atoms with Crippen molar-refractivity contribution in [2.75, 3.05) is 0 Å². The highest BCUT2D eigenvalue weighted by molar-refractivity contribution is 8.01. The molecule has 12 aromatic carbocycles. The Morgan fingerprint density at radius 1 is 0.341 bits per heavy atom. The summed E-state index contributed by atoms with van der Waals surface area (Å²) in [6.07, 6.45) is 8.61. The molecule has 2 unspecified atom stereocenters. The number of allylic oxidation sites excluding steroid dienone is 3. The minimum absolute atomic E-state index is 0.0523. The largest absolute Gasteiger partial charge is 0.309 e. The van der Waals surface area contributed by atoms with Crippen LogP contribution in [-0.2, 0) is 5.41 Å². The zero-order chi connectivity index (χ0) is 59.3. The molecule has 1 saturated carbocycles. The SMILES string of the molecule is C1=CC23CC2(C=C1c1ccc2c4ccccc4n(-c4ccc(-c5cc(-n6c7ccccc7c7ccc(-c8ccc9sc%10ccccc%10c9c8)cc76)nc(-n6c7ccccc7c7ccc(-c8ccc9sc%10ccccc%10c9c8)cc76)n5)cc4)c2c1)c1ccccc1S3. The van der Waals surface area contributed by atoms with Crippen LogP contribution in [0.4, 0.5) is 0 Å². The van der Waals surface area contributed by atoms with Crippen molar-refractivity contribution in [3.63, 3.8) is 0 Å². The average Bonchev–Trinajstić information content (AvgIpc) is 1.48. The summed E-state index contributed by atoms with van der Waals surface area (Å²) < 4.78 is 12.4. The molecule has 0 amide bonds. The van der Waals surface area contributed by atoms with Crippen molar-refractivity contribution in [1.82, 2.24) is 23.7 Å². The number of rotatable bonds is 7. The van der Waals surface area contributed by atoms with Gasteiger partial charge in [-0.15, -0.1) is 34.4 Å². The molecule has 0 N–H and O–H groups in total. The van der Waals surface area contributed by atoms with Crippen LogP contribution in [0.3, 0.4) is 0 Å². The van der Waals surface area contributed by atoms with E-state index in [1.807, 2.05) is 34.4 Å². The fourth-order valence-corrected chi connectivity index (χ4v) is 19.6. The summed E-state index contributed by atoms with van der Waals surface area (Å²) in [5.74, 6) is 1.38. The topological polar surface area (TPSA) is 40.6 Å². The van der Waals surface area contributed by atoms with Crippen molar-refractivity contribution in [3.8, 4) is 51.0 Å². The molecule has 1 aliphatic heterocycles. The van der Waals surface area contributed by atoms with Crippen LogP contribution in [0.1, 0.15) is 17.5 Å². The van der Waals surface area contributed by atoms with Crippen LogP contribution in [0.15, 0.2) is 290 Å². The van der Waals surface area contributed by atoms with Crippen molar-refractivity contribution in [2.45, 2.75) is 21.5 Å². The number of hydrogen-bond acceptors (Lipinski definition) is 5. The molecule has 91 heavy (non-hydrogen) atoms. The van der Waals surface area contributed by atoms with Gasteiger partial charge < -0.3 is 4.57 Å². The van der Waals surface area contributed by atoms with E-state index in [1.165, 1.54) is 100 Å². The van der Waals surface area contributed by atoms with Crippen LogP contribution in [0.25, 0.3) is 162 Å². The lowest BCUT2D eigenvalue weighted by molar-refractivity contribution is 0.847. The first-order valence-electron chi connectivity index (χ1n) is 31.1. The fraction of sp³-hybridized carbons (Fsp3) is 0.0361. The van der Waals surface area contributed by atoms with Crippen LogP contribution < -0.4 is 0 Å². The first kappa shape index (κ1) is 50.3. The summed E-state index contributed by atoms with van der Waals surface area (Å²) in [5, 5.41) is 12.2. The summed E-state index contributed by atoms with van der Waals surface area (Å²) in [6.45, 7) is 0. The van der Waals surface area contributed by atoms with Crippen molar-refractivity contribution in [3.05, 3.63) is 296 Å². The van der Waals surface area contributed by atoms with Crippen molar-refractivity contribution < 1.29 is 0 Å². The second-order valence-electron chi connectivity index (χ2n) is 24.9. The Morgan fingerprint density at radius 3 is 1.44 bits per heavy atom. The Bertz CT molecular complexity index is 6050. The van der Waals surface area contributed by atoms with E-state index in [1.54, 1.807) is 0 Å². The molecule has 18 aromatic rings. The zero-order valence-electron chi connectivity index (χ0n) is 48.8. The summed E-state index contributed by atoms with van der Waals surface area (Å²) in [7, 11) is 0. The second-order valence-corrected chi connectivity index (χ2v) is 28.4. The van der Waals surface area contributed by atoms with Gasteiger partial charge in [-0.2, -0.15) is 4.98 Å². The Kier molecular flexibility index (Phi) is 10.2. The molecule has 2 aliphatic carbocycles. The van der Waals surface area contributed by atoms with Gasteiger partial charge in [0.15, 0.2) is 0 Å². The van der Waals surface area contributed by atoms with E-state index >= 15 is 0 Å². The Balaban J connectivity index is 0.759. The van der Waals surface area contributed by atoms with Crippen LogP contribution in [0.2, 0.25) is 0 Å².